The van der Waals surface area contributed by atoms with E-state index >= 15 is 0 Å². The van der Waals surface area contributed by atoms with E-state index in [9.17, 15) is 0 Å². The van der Waals surface area contributed by atoms with Gasteiger partial charge in [0.15, 0.2) is 0 Å². The standard InChI is InChI=1S/C20H36OSi/c1-9-17(5)13-21-22(14-18(6)10-2,15-19(7)11-3)16-20(8)12-4/h5-16H2,1-4H3. The lowest BCUT2D eigenvalue weighted by Gasteiger charge is -2.34. The molecular weight excluding hydrogens is 284 g/mol. The van der Waals surface area contributed by atoms with Crippen LogP contribution in [0.4, 0.5) is 0 Å². The molecule has 0 saturated heterocycles. The summed E-state index contributed by atoms with van der Waals surface area (Å²) in [5, 5.41) is 0. The fourth-order valence-corrected chi connectivity index (χ4v) is 7.11. The normalized spacial score (nSPS) is 11.3. The molecule has 0 unspecified atom stereocenters. The highest BCUT2D eigenvalue weighted by molar-refractivity contribution is 6.75. The van der Waals surface area contributed by atoms with E-state index in [-0.39, 0.29) is 0 Å². The summed E-state index contributed by atoms with van der Waals surface area (Å²) in [5.41, 5.74) is 5.05. The van der Waals surface area contributed by atoms with Crippen molar-refractivity contribution in [3.8, 4) is 0 Å². The lowest BCUT2D eigenvalue weighted by molar-refractivity contribution is 0.332. The first-order valence-electron chi connectivity index (χ1n) is 8.62. The highest BCUT2D eigenvalue weighted by atomic mass is 28.4. The molecule has 0 heterocycles. The van der Waals surface area contributed by atoms with Crippen molar-refractivity contribution in [3.05, 3.63) is 48.6 Å². The molecule has 0 bridgehead atoms. The Morgan fingerprint density at radius 3 is 1.23 bits per heavy atom. The first-order valence-corrected chi connectivity index (χ1v) is 11.2. The summed E-state index contributed by atoms with van der Waals surface area (Å²) in [6.07, 6.45) is 4.03. The molecular formula is C20H36OSi. The predicted octanol–water partition coefficient (Wildman–Crippen LogP) is 6.81. The van der Waals surface area contributed by atoms with Gasteiger partial charge in [0.1, 0.15) is 0 Å². The second kappa shape index (κ2) is 10.8. The zero-order valence-corrected chi connectivity index (χ0v) is 16.4. The van der Waals surface area contributed by atoms with Crippen LogP contribution in [-0.4, -0.2) is 14.9 Å². The van der Waals surface area contributed by atoms with Gasteiger partial charge >= 0.3 is 0 Å². The molecule has 0 N–H and O–H groups in total. The van der Waals surface area contributed by atoms with E-state index in [2.05, 4.69) is 54.0 Å². The maximum Gasteiger partial charge on any atom is 0.205 e. The predicted molar refractivity (Wildman–Crippen MR) is 104 cm³/mol. The number of hydrogen-bond donors (Lipinski definition) is 0. The minimum atomic E-state index is -1.99. The Morgan fingerprint density at radius 1 is 0.636 bits per heavy atom. The van der Waals surface area contributed by atoms with Gasteiger partial charge in [-0.15, -0.1) is 19.7 Å². The maximum absolute atomic E-state index is 6.56. The first kappa shape index (κ1) is 21.1. The third-order valence-corrected chi connectivity index (χ3v) is 8.49. The Labute approximate surface area is 140 Å². The summed E-state index contributed by atoms with van der Waals surface area (Å²) in [7, 11) is -1.99. The zero-order valence-electron chi connectivity index (χ0n) is 15.4. The van der Waals surface area contributed by atoms with Crippen molar-refractivity contribution in [3.63, 3.8) is 0 Å². The van der Waals surface area contributed by atoms with E-state index in [0.29, 0.717) is 6.61 Å². The Bertz CT molecular complexity index is 360. The molecule has 0 aliphatic rings. The number of allylic oxidation sites excluding steroid dienone is 3. The van der Waals surface area contributed by atoms with Crippen LogP contribution < -0.4 is 0 Å². The Kier molecular flexibility index (Phi) is 10.4. The van der Waals surface area contributed by atoms with E-state index in [1.807, 2.05) is 0 Å². The van der Waals surface area contributed by atoms with Crippen molar-refractivity contribution < 1.29 is 4.43 Å². The highest BCUT2D eigenvalue weighted by Gasteiger charge is 2.36. The van der Waals surface area contributed by atoms with Gasteiger partial charge in [0.25, 0.3) is 0 Å². The van der Waals surface area contributed by atoms with Crippen molar-refractivity contribution in [2.75, 3.05) is 6.61 Å². The smallest absolute Gasteiger partial charge is 0.205 e. The van der Waals surface area contributed by atoms with E-state index in [4.69, 9.17) is 4.43 Å². The zero-order chi connectivity index (χ0) is 17.2. The van der Waals surface area contributed by atoms with Crippen LogP contribution in [0.1, 0.15) is 53.4 Å². The second-order valence-corrected chi connectivity index (χ2v) is 10.1. The molecule has 0 aliphatic heterocycles. The van der Waals surface area contributed by atoms with Crippen molar-refractivity contribution in [1.82, 2.24) is 0 Å². The average Bonchev–Trinajstić information content (AvgIpc) is 2.51. The summed E-state index contributed by atoms with van der Waals surface area (Å²) < 4.78 is 6.56. The van der Waals surface area contributed by atoms with Crippen molar-refractivity contribution in [2.45, 2.75) is 71.5 Å². The Balaban J connectivity index is 5.35. The van der Waals surface area contributed by atoms with Crippen LogP contribution in [0.15, 0.2) is 48.6 Å². The van der Waals surface area contributed by atoms with Crippen LogP contribution in [0.3, 0.4) is 0 Å². The average molecular weight is 321 g/mol. The molecule has 0 aromatic rings. The van der Waals surface area contributed by atoms with Gasteiger partial charge in [-0.05, 0) is 43.8 Å². The van der Waals surface area contributed by atoms with E-state index in [0.717, 1.165) is 43.8 Å². The Hall–Kier alpha value is -0.863. The fourth-order valence-electron chi connectivity index (χ4n) is 2.44. The van der Waals surface area contributed by atoms with Crippen LogP contribution in [-0.2, 0) is 4.43 Å². The van der Waals surface area contributed by atoms with Crippen molar-refractivity contribution in [1.29, 1.82) is 0 Å². The molecule has 0 rings (SSSR count). The number of hydrogen-bond acceptors (Lipinski definition) is 1. The first-order chi connectivity index (χ1) is 10.3. The van der Waals surface area contributed by atoms with Gasteiger partial charge in [0, 0.05) is 0 Å². The summed E-state index contributed by atoms with van der Waals surface area (Å²) in [6.45, 7) is 26.2. The second-order valence-electron chi connectivity index (χ2n) is 6.42. The molecule has 0 amide bonds. The fraction of sp³-hybridized carbons (Fsp3) is 0.600. The molecule has 0 spiro atoms. The quantitative estimate of drug-likeness (QED) is 0.267. The third-order valence-electron chi connectivity index (χ3n) is 4.30. The summed E-state index contributed by atoms with van der Waals surface area (Å²) >= 11 is 0. The van der Waals surface area contributed by atoms with Crippen molar-refractivity contribution >= 4 is 8.32 Å². The molecule has 0 aromatic heterocycles. The largest absolute Gasteiger partial charge is 0.412 e. The van der Waals surface area contributed by atoms with Gasteiger partial charge in [0.2, 0.25) is 8.32 Å². The molecule has 2 heteroatoms. The minimum absolute atomic E-state index is 0.674. The molecule has 22 heavy (non-hydrogen) atoms. The van der Waals surface area contributed by atoms with Crippen molar-refractivity contribution in [2.24, 2.45) is 0 Å². The van der Waals surface area contributed by atoms with E-state index in [1.54, 1.807) is 0 Å². The SMILES string of the molecule is C=C(CC)CO[Si](CC(=C)CC)(CC(=C)CC)CC(=C)CC. The van der Waals surface area contributed by atoms with Gasteiger partial charge in [-0.2, -0.15) is 0 Å². The molecule has 0 aliphatic carbocycles. The summed E-state index contributed by atoms with van der Waals surface area (Å²) in [5.74, 6) is 0. The van der Waals surface area contributed by atoms with Gasteiger partial charge in [-0.25, -0.2) is 0 Å². The molecule has 0 saturated carbocycles. The lowest BCUT2D eigenvalue weighted by Crippen LogP contribution is -2.40. The molecule has 126 valence electrons. The van der Waals surface area contributed by atoms with Crippen LogP contribution >= 0.6 is 0 Å². The van der Waals surface area contributed by atoms with Gasteiger partial charge in [-0.3, -0.25) is 0 Å². The van der Waals surface area contributed by atoms with Gasteiger partial charge < -0.3 is 4.43 Å². The minimum Gasteiger partial charge on any atom is -0.412 e. The maximum atomic E-state index is 6.56. The van der Waals surface area contributed by atoms with E-state index in [1.165, 1.54) is 22.3 Å². The lowest BCUT2D eigenvalue weighted by atomic mass is 10.3. The van der Waals surface area contributed by atoms with Crippen LogP contribution in [0.5, 0.6) is 0 Å². The summed E-state index contributed by atoms with van der Waals surface area (Å²) in [6, 6.07) is 3.04. The monoisotopic (exact) mass is 320 g/mol. The van der Waals surface area contributed by atoms with Crippen LogP contribution in [0.2, 0.25) is 18.1 Å². The molecule has 0 radical (unpaired) electrons. The molecule has 0 atom stereocenters. The van der Waals surface area contributed by atoms with E-state index < -0.39 is 8.32 Å². The number of rotatable bonds is 13. The topological polar surface area (TPSA) is 9.23 Å². The summed E-state index contributed by atoms with van der Waals surface area (Å²) in [4.78, 5) is 0. The molecule has 0 aromatic carbocycles. The van der Waals surface area contributed by atoms with Gasteiger partial charge in [0.05, 0.1) is 6.61 Å². The molecule has 1 nitrogen and oxygen atoms in total. The Morgan fingerprint density at radius 2 is 0.955 bits per heavy atom. The van der Waals surface area contributed by atoms with Gasteiger partial charge in [-0.1, -0.05) is 56.6 Å². The van der Waals surface area contributed by atoms with Crippen LogP contribution in [0, 0.1) is 0 Å². The van der Waals surface area contributed by atoms with Crippen LogP contribution in [0.25, 0.3) is 0 Å². The highest BCUT2D eigenvalue weighted by Crippen LogP contribution is 2.34. The third kappa shape index (κ3) is 7.95. The molecule has 0 fully saturated rings.